The van der Waals surface area contributed by atoms with Crippen LogP contribution in [-0.2, 0) is 27.1 Å². The molecule has 7 heteroatoms. The van der Waals surface area contributed by atoms with Gasteiger partial charge >= 0.3 is 12.1 Å². The predicted octanol–water partition coefficient (Wildman–Crippen LogP) is 2.79. The average Bonchev–Trinajstić information content (AvgIpc) is 2.65. The zero-order valence-electron chi connectivity index (χ0n) is 15.6. The van der Waals surface area contributed by atoms with Crippen molar-refractivity contribution < 1.29 is 23.9 Å². The van der Waals surface area contributed by atoms with Gasteiger partial charge in [-0.3, -0.25) is 15.1 Å². The molecule has 0 saturated carbocycles. The molecule has 0 saturated heterocycles. The van der Waals surface area contributed by atoms with E-state index in [9.17, 15) is 14.4 Å². The molecule has 142 valence electrons. The van der Waals surface area contributed by atoms with Gasteiger partial charge in [0.05, 0.1) is 18.2 Å². The molecule has 1 aromatic carbocycles. The Bertz CT molecular complexity index is 909. The molecule has 0 spiro atoms. The summed E-state index contributed by atoms with van der Waals surface area (Å²) in [6.07, 6.45) is 0.522. The molecule has 0 fully saturated rings. The predicted molar refractivity (Wildman–Crippen MR) is 98.4 cm³/mol. The molecule has 1 aliphatic rings. The van der Waals surface area contributed by atoms with Crippen molar-refractivity contribution in [2.75, 3.05) is 7.11 Å². The number of pyridine rings is 1. The van der Waals surface area contributed by atoms with E-state index < -0.39 is 24.1 Å². The molecule has 1 aromatic heterocycles. The summed E-state index contributed by atoms with van der Waals surface area (Å²) in [5.74, 6) is -0.894. The minimum atomic E-state index is -1.14. The fraction of sp³-hybridized carbons (Fsp3) is 0.400. The summed E-state index contributed by atoms with van der Waals surface area (Å²) in [7, 11) is 1.15. The first-order valence-corrected chi connectivity index (χ1v) is 8.91. The number of nitrogens with one attached hydrogen (secondary N) is 1. The summed E-state index contributed by atoms with van der Waals surface area (Å²) >= 11 is 0. The van der Waals surface area contributed by atoms with Crippen molar-refractivity contribution in [2.45, 2.75) is 39.2 Å². The number of imide groups is 1. The van der Waals surface area contributed by atoms with Gasteiger partial charge in [-0.15, -0.1) is 0 Å². The number of hydrogen-bond acceptors (Lipinski definition) is 6. The molecular weight excluding hydrogens is 348 g/mol. The number of methoxy groups -OCH3 is 1. The van der Waals surface area contributed by atoms with Crippen molar-refractivity contribution in [2.24, 2.45) is 5.92 Å². The van der Waals surface area contributed by atoms with Gasteiger partial charge in [-0.05, 0) is 43.7 Å². The number of rotatable bonds is 3. The van der Waals surface area contributed by atoms with Crippen molar-refractivity contribution in [3.8, 4) is 0 Å². The average molecular weight is 370 g/mol. The molecule has 2 amide bonds. The SMILES string of the molecule is COC(=O)NC(=O)[C@@H](C)OC(=O)c1c2c(nc3ccccc13)CC[C@@H](C)C2. The van der Waals surface area contributed by atoms with Crippen LogP contribution in [0.25, 0.3) is 10.9 Å². The number of hydrogen-bond donors (Lipinski definition) is 1. The molecular formula is C20H22N2O5. The maximum absolute atomic E-state index is 13.0. The number of ether oxygens (including phenoxy) is 2. The van der Waals surface area contributed by atoms with E-state index in [1.54, 1.807) is 0 Å². The van der Waals surface area contributed by atoms with E-state index in [-0.39, 0.29) is 0 Å². The maximum atomic E-state index is 13.0. The van der Waals surface area contributed by atoms with Gasteiger partial charge in [0.25, 0.3) is 5.91 Å². The highest BCUT2D eigenvalue weighted by molar-refractivity contribution is 6.06. The van der Waals surface area contributed by atoms with Crippen LogP contribution in [0, 0.1) is 5.92 Å². The third-order valence-corrected chi connectivity index (χ3v) is 4.77. The third kappa shape index (κ3) is 3.92. The Labute approximate surface area is 157 Å². The minimum Gasteiger partial charge on any atom is -0.453 e. The van der Waals surface area contributed by atoms with Gasteiger partial charge in [-0.2, -0.15) is 0 Å². The largest absolute Gasteiger partial charge is 0.453 e. The molecule has 0 aliphatic heterocycles. The number of esters is 1. The number of para-hydroxylation sites is 1. The van der Waals surface area contributed by atoms with Crippen LogP contribution in [0.5, 0.6) is 0 Å². The van der Waals surface area contributed by atoms with Crippen LogP contribution in [0.3, 0.4) is 0 Å². The Balaban J connectivity index is 1.95. The van der Waals surface area contributed by atoms with E-state index in [2.05, 4.69) is 11.7 Å². The van der Waals surface area contributed by atoms with Crippen LogP contribution >= 0.6 is 0 Å². The van der Waals surface area contributed by atoms with E-state index in [0.29, 0.717) is 16.9 Å². The van der Waals surface area contributed by atoms with Gasteiger partial charge in [-0.25, -0.2) is 9.59 Å². The van der Waals surface area contributed by atoms with Gasteiger partial charge in [0, 0.05) is 11.1 Å². The fourth-order valence-electron chi connectivity index (χ4n) is 3.32. The second-order valence-corrected chi connectivity index (χ2v) is 6.81. The number of benzene rings is 1. The normalized spacial score (nSPS) is 16.9. The van der Waals surface area contributed by atoms with E-state index >= 15 is 0 Å². The van der Waals surface area contributed by atoms with Crippen LogP contribution in [-0.4, -0.2) is 36.2 Å². The maximum Gasteiger partial charge on any atom is 0.413 e. The number of carbonyl (C=O) groups excluding carboxylic acids is 3. The zero-order valence-corrected chi connectivity index (χ0v) is 15.6. The number of alkyl carbamates (subject to hydrolysis) is 1. The van der Waals surface area contributed by atoms with E-state index in [0.717, 1.165) is 43.1 Å². The van der Waals surface area contributed by atoms with Crippen molar-refractivity contribution >= 4 is 28.9 Å². The summed E-state index contributed by atoms with van der Waals surface area (Å²) in [6, 6.07) is 7.40. The zero-order chi connectivity index (χ0) is 19.6. The summed E-state index contributed by atoms with van der Waals surface area (Å²) in [5.41, 5.74) is 2.98. The fourth-order valence-corrected chi connectivity index (χ4v) is 3.32. The summed E-state index contributed by atoms with van der Waals surface area (Å²) in [6.45, 7) is 3.55. The first kappa shape index (κ1) is 18.8. The van der Waals surface area contributed by atoms with E-state index in [1.165, 1.54) is 6.92 Å². The van der Waals surface area contributed by atoms with Crippen LogP contribution in [0.4, 0.5) is 4.79 Å². The van der Waals surface area contributed by atoms with Crippen LogP contribution < -0.4 is 5.32 Å². The van der Waals surface area contributed by atoms with Gasteiger partial charge in [0.2, 0.25) is 0 Å². The monoisotopic (exact) mass is 370 g/mol. The molecule has 1 N–H and O–H groups in total. The number of amides is 2. The van der Waals surface area contributed by atoms with Crippen LogP contribution in [0.1, 0.15) is 41.9 Å². The molecule has 0 bridgehead atoms. The molecule has 0 unspecified atom stereocenters. The molecule has 1 heterocycles. The Morgan fingerprint density at radius 2 is 2.00 bits per heavy atom. The quantitative estimate of drug-likeness (QED) is 0.835. The molecule has 2 aromatic rings. The lowest BCUT2D eigenvalue weighted by Gasteiger charge is -2.24. The summed E-state index contributed by atoms with van der Waals surface area (Å²) in [4.78, 5) is 40.8. The molecule has 2 atom stereocenters. The van der Waals surface area contributed by atoms with Gasteiger partial charge in [-0.1, -0.05) is 25.1 Å². The molecule has 0 radical (unpaired) electrons. The molecule has 3 rings (SSSR count). The van der Waals surface area contributed by atoms with E-state index in [1.807, 2.05) is 29.6 Å². The lowest BCUT2D eigenvalue weighted by atomic mass is 9.84. The summed E-state index contributed by atoms with van der Waals surface area (Å²) < 4.78 is 9.75. The number of aromatic nitrogens is 1. The first-order valence-electron chi connectivity index (χ1n) is 8.91. The number of fused-ring (bicyclic) bond motifs is 2. The Kier molecular flexibility index (Phi) is 5.39. The lowest BCUT2D eigenvalue weighted by molar-refractivity contribution is -0.128. The number of aryl methyl sites for hydroxylation is 1. The van der Waals surface area contributed by atoms with Gasteiger partial charge in [0.15, 0.2) is 6.10 Å². The standard InChI is InChI=1S/C20H22N2O5/c1-11-8-9-16-14(10-11)17(13-6-4-5-7-15(13)21-16)19(24)27-12(2)18(23)22-20(25)26-3/h4-7,11-12H,8-10H2,1-3H3,(H,22,23,25)/t11-,12-/m1/s1. The Hall–Kier alpha value is -2.96. The van der Waals surface area contributed by atoms with Crippen molar-refractivity contribution in [1.82, 2.24) is 10.3 Å². The van der Waals surface area contributed by atoms with Crippen molar-refractivity contribution in [3.63, 3.8) is 0 Å². The highest BCUT2D eigenvalue weighted by atomic mass is 16.6. The Morgan fingerprint density at radius 3 is 2.74 bits per heavy atom. The molecule has 1 aliphatic carbocycles. The lowest BCUT2D eigenvalue weighted by Crippen LogP contribution is -2.39. The highest BCUT2D eigenvalue weighted by Crippen LogP contribution is 2.32. The van der Waals surface area contributed by atoms with Gasteiger partial charge < -0.3 is 9.47 Å². The molecule has 7 nitrogen and oxygen atoms in total. The smallest absolute Gasteiger partial charge is 0.413 e. The number of carbonyl (C=O) groups is 3. The topological polar surface area (TPSA) is 94.6 Å². The molecule has 27 heavy (non-hydrogen) atoms. The van der Waals surface area contributed by atoms with Crippen molar-refractivity contribution in [3.05, 3.63) is 41.1 Å². The second kappa shape index (κ2) is 7.73. The number of nitrogens with zero attached hydrogens (tertiary/aromatic N) is 1. The van der Waals surface area contributed by atoms with Gasteiger partial charge in [0.1, 0.15) is 0 Å². The van der Waals surface area contributed by atoms with E-state index in [4.69, 9.17) is 9.72 Å². The Morgan fingerprint density at radius 1 is 1.26 bits per heavy atom. The summed E-state index contributed by atoms with van der Waals surface area (Å²) in [5, 5.41) is 2.71. The van der Waals surface area contributed by atoms with Crippen molar-refractivity contribution in [1.29, 1.82) is 0 Å². The first-order chi connectivity index (χ1) is 12.9. The van der Waals surface area contributed by atoms with Crippen LogP contribution in [0.2, 0.25) is 0 Å². The minimum absolute atomic E-state index is 0.437. The highest BCUT2D eigenvalue weighted by Gasteiger charge is 2.28. The second-order valence-electron chi connectivity index (χ2n) is 6.81. The third-order valence-electron chi connectivity index (χ3n) is 4.77. The van der Waals surface area contributed by atoms with Crippen LogP contribution in [0.15, 0.2) is 24.3 Å².